The monoisotopic (exact) mass is 413 g/mol. The zero-order chi connectivity index (χ0) is 19.5. The smallest absolute Gasteiger partial charge is 0.232 e. The predicted molar refractivity (Wildman–Crippen MR) is 115 cm³/mol. The number of ether oxygens (including phenoxy) is 1. The molecule has 1 fully saturated rings. The van der Waals surface area contributed by atoms with Gasteiger partial charge in [0.05, 0.1) is 18.2 Å². The number of hydrogen-bond acceptors (Lipinski definition) is 6. The average molecular weight is 414 g/mol. The van der Waals surface area contributed by atoms with Gasteiger partial charge >= 0.3 is 0 Å². The van der Waals surface area contributed by atoms with Crippen LogP contribution >= 0.6 is 23.1 Å². The van der Waals surface area contributed by atoms with Gasteiger partial charge in [0.25, 0.3) is 0 Å². The van der Waals surface area contributed by atoms with Crippen LogP contribution in [0.4, 0.5) is 0 Å². The average Bonchev–Trinajstić information content (AvgIpc) is 3.17. The molecule has 0 saturated carbocycles. The molecule has 0 atom stereocenters. The molecule has 28 heavy (non-hydrogen) atoms. The molecule has 0 radical (unpaired) electrons. The Kier molecular flexibility index (Phi) is 5.82. The Hall–Kier alpha value is -2.12. The molecule has 1 saturated heterocycles. The number of piperidine rings is 1. The molecule has 0 aliphatic carbocycles. The molecule has 1 amide bonds. The first-order valence-electron chi connectivity index (χ1n) is 9.43. The van der Waals surface area contributed by atoms with Crippen LogP contribution in [-0.2, 0) is 4.79 Å². The van der Waals surface area contributed by atoms with Gasteiger partial charge in [-0.25, -0.2) is 9.97 Å². The molecule has 0 bridgehead atoms. The maximum atomic E-state index is 12.6. The molecule has 0 N–H and O–H groups in total. The molecule has 0 spiro atoms. The van der Waals surface area contributed by atoms with Crippen molar-refractivity contribution in [1.29, 1.82) is 0 Å². The van der Waals surface area contributed by atoms with E-state index in [1.807, 2.05) is 29.2 Å². The summed E-state index contributed by atoms with van der Waals surface area (Å²) in [4.78, 5) is 24.5. The van der Waals surface area contributed by atoms with Crippen molar-refractivity contribution in [2.75, 3.05) is 26.0 Å². The highest BCUT2D eigenvalue weighted by atomic mass is 32.2. The first kappa shape index (κ1) is 19.2. The number of carbonyl (C=O) groups is 1. The molecule has 4 rings (SSSR count). The van der Waals surface area contributed by atoms with Crippen molar-refractivity contribution < 1.29 is 9.53 Å². The normalized spacial score (nSPS) is 15.1. The summed E-state index contributed by atoms with van der Waals surface area (Å²) >= 11 is 3.12. The van der Waals surface area contributed by atoms with Crippen LogP contribution < -0.4 is 4.74 Å². The number of thioether (sulfide) groups is 1. The molecular formula is C21H23N3O2S2. The Morgan fingerprint density at radius 1 is 1.25 bits per heavy atom. The number of nitrogens with zero attached hydrogens (tertiary/aromatic N) is 3. The van der Waals surface area contributed by atoms with Crippen LogP contribution in [0.3, 0.4) is 0 Å². The Balaban J connectivity index is 1.55. The number of likely N-dealkylation sites (tertiary alicyclic amines) is 1. The van der Waals surface area contributed by atoms with E-state index in [-0.39, 0.29) is 5.91 Å². The highest BCUT2D eigenvalue weighted by Crippen LogP contribution is 2.38. The largest absolute Gasteiger partial charge is 0.497 e. The van der Waals surface area contributed by atoms with E-state index in [2.05, 4.69) is 22.3 Å². The van der Waals surface area contributed by atoms with Crippen LogP contribution in [0.25, 0.3) is 21.3 Å². The van der Waals surface area contributed by atoms with Crippen LogP contribution in [0.2, 0.25) is 0 Å². The van der Waals surface area contributed by atoms with E-state index in [0.717, 1.165) is 64.0 Å². The summed E-state index contributed by atoms with van der Waals surface area (Å²) in [5.41, 5.74) is 2.20. The molecule has 3 heterocycles. The molecule has 1 aromatic carbocycles. The molecule has 146 valence electrons. The molecule has 7 heteroatoms. The number of amides is 1. The van der Waals surface area contributed by atoms with Crippen molar-refractivity contribution >= 4 is 39.2 Å². The second-order valence-corrected chi connectivity index (χ2v) is 8.91. The maximum Gasteiger partial charge on any atom is 0.232 e. The second kappa shape index (κ2) is 8.49. The predicted octanol–water partition coefficient (Wildman–Crippen LogP) is 4.72. The Morgan fingerprint density at radius 3 is 2.71 bits per heavy atom. The summed E-state index contributed by atoms with van der Waals surface area (Å²) in [6.07, 6.45) is 3.78. The highest BCUT2D eigenvalue weighted by molar-refractivity contribution is 8.00. The van der Waals surface area contributed by atoms with E-state index in [1.165, 1.54) is 11.8 Å². The quantitative estimate of drug-likeness (QED) is 0.448. The van der Waals surface area contributed by atoms with Gasteiger partial charge < -0.3 is 9.64 Å². The Bertz CT molecular complexity index is 963. The highest BCUT2D eigenvalue weighted by Gasteiger charge is 2.21. The van der Waals surface area contributed by atoms with Gasteiger partial charge in [-0.05, 0) is 36.5 Å². The zero-order valence-electron chi connectivity index (χ0n) is 16.1. The minimum atomic E-state index is 0.199. The summed E-state index contributed by atoms with van der Waals surface area (Å²) in [6.45, 7) is 4.00. The topological polar surface area (TPSA) is 55.3 Å². The van der Waals surface area contributed by atoms with Gasteiger partial charge in [-0.2, -0.15) is 0 Å². The van der Waals surface area contributed by atoms with Gasteiger partial charge in [-0.15, -0.1) is 11.3 Å². The van der Waals surface area contributed by atoms with Gasteiger partial charge in [0.2, 0.25) is 5.91 Å². The maximum absolute atomic E-state index is 12.6. The van der Waals surface area contributed by atoms with Crippen molar-refractivity contribution in [3.8, 4) is 16.9 Å². The van der Waals surface area contributed by atoms with Crippen LogP contribution in [0.1, 0.15) is 19.8 Å². The number of thiophene rings is 1. The third kappa shape index (κ3) is 4.00. The van der Waals surface area contributed by atoms with Gasteiger partial charge in [0, 0.05) is 24.0 Å². The fraction of sp³-hybridized carbons (Fsp3) is 0.381. The lowest BCUT2D eigenvalue weighted by atomic mass is 9.99. The molecule has 3 aromatic rings. The Morgan fingerprint density at radius 2 is 2.00 bits per heavy atom. The van der Waals surface area contributed by atoms with Crippen molar-refractivity contribution in [3.05, 3.63) is 36.0 Å². The second-order valence-electron chi connectivity index (χ2n) is 7.09. The lowest BCUT2D eigenvalue weighted by molar-refractivity contribution is -0.129. The minimum Gasteiger partial charge on any atom is -0.497 e. The molecule has 1 aliphatic rings. The molecule has 1 aliphatic heterocycles. The molecular weight excluding hydrogens is 390 g/mol. The minimum absolute atomic E-state index is 0.199. The van der Waals surface area contributed by atoms with Crippen molar-refractivity contribution in [2.45, 2.75) is 24.8 Å². The summed E-state index contributed by atoms with van der Waals surface area (Å²) in [6, 6.07) is 8.00. The SMILES string of the molecule is COc1ccc(-c2csc3ncnc(SCC(=O)N4CCC(C)CC4)c23)cc1. The van der Waals surface area contributed by atoms with Crippen LogP contribution in [0.5, 0.6) is 5.75 Å². The van der Waals surface area contributed by atoms with Crippen molar-refractivity contribution in [2.24, 2.45) is 5.92 Å². The lowest BCUT2D eigenvalue weighted by Gasteiger charge is -2.30. The van der Waals surface area contributed by atoms with Crippen molar-refractivity contribution in [1.82, 2.24) is 14.9 Å². The standard InChI is InChI=1S/C21H23N3O2S2/c1-14-7-9-24(10-8-14)18(25)12-28-21-19-17(11-27-20(19)22-13-23-21)15-3-5-16(26-2)6-4-15/h3-6,11,13-14H,7-10,12H2,1-2H3. The van der Waals surface area contributed by atoms with E-state index in [1.54, 1.807) is 24.8 Å². The van der Waals surface area contributed by atoms with E-state index < -0.39 is 0 Å². The van der Waals surface area contributed by atoms with Gasteiger partial charge in [-0.1, -0.05) is 30.8 Å². The first-order valence-corrected chi connectivity index (χ1v) is 11.3. The number of hydrogen-bond donors (Lipinski definition) is 0. The summed E-state index contributed by atoms with van der Waals surface area (Å²) < 4.78 is 5.26. The third-order valence-corrected chi connectivity index (χ3v) is 7.07. The summed E-state index contributed by atoms with van der Waals surface area (Å²) in [5, 5.41) is 4.01. The van der Waals surface area contributed by atoms with E-state index in [4.69, 9.17) is 4.74 Å². The van der Waals surface area contributed by atoms with Crippen LogP contribution in [0, 0.1) is 5.92 Å². The van der Waals surface area contributed by atoms with E-state index >= 15 is 0 Å². The molecule has 2 aromatic heterocycles. The molecule has 5 nitrogen and oxygen atoms in total. The number of methoxy groups -OCH3 is 1. The number of aromatic nitrogens is 2. The summed E-state index contributed by atoms with van der Waals surface area (Å²) in [5.74, 6) is 2.16. The number of rotatable bonds is 5. The number of carbonyl (C=O) groups excluding carboxylic acids is 1. The van der Waals surface area contributed by atoms with E-state index in [0.29, 0.717) is 5.75 Å². The lowest BCUT2D eigenvalue weighted by Crippen LogP contribution is -2.38. The fourth-order valence-corrected chi connectivity index (χ4v) is 5.32. The van der Waals surface area contributed by atoms with Gasteiger partial charge in [0.15, 0.2) is 0 Å². The van der Waals surface area contributed by atoms with Crippen LogP contribution in [0.15, 0.2) is 41.0 Å². The van der Waals surface area contributed by atoms with Crippen LogP contribution in [-0.4, -0.2) is 46.7 Å². The fourth-order valence-electron chi connectivity index (χ4n) is 3.42. The number of benzene rings is 1. The van der Waals surface area contributed by atoms with E-state index in [9.17, 15) is 4.79 Å². The van der Waals surface area contributed by atoms with Gasteiger partial charge in [0.1, 0.15) is 21.9 Å². The zero-order valence-corrected chi connectivity index (χ0v) is 17.7. The third-order valence-electron chi connectivity index (χ3n) is 5.21. The molecule has 0 unspecified atom stereocenters. The van der Waals surface area contributed by atoms with Gasteiger partial charge in [-0.3, -0.25) is 4.79 Å². The van der Waals surface area contributed by atoms with Crippen molar-refractivity contribution in [3.63, 3.8) is 0 Å². The first-order chi connectivity index (χ1) is 13.7. The number of fused-ring (bicyclic) bond motifs is 1. The Labute approximate surface area is 173 Å². The summed E-state index contributed by atoms with van der Waals surface area (Å²) in [7, 11) is 1.66.